The fourth-order valence-corrected chi connectivity index (χ4v) is 8.64. The van der Waals surface area contributed by atoms with Gasteiger partial charge in [0.1, 0.15) is 11.5 Å². The van der Waals surface area contributed by atoms with E-state index < -0.39 is 43.7 Å². The van der Waals surface area contributed by atoms with E-state index in [1.54, 1.807) is 56.3 Å². The monoisotopic (exact) mass is 916 g/mol. The maximum absolute atomic E-state index is 14.4. The number of pyridine rings is 1. The number of aliphatic carboxylic acids is 1. The Hall–Kier alpha value is -5.21. The van der Waals surface area contributed by atoms with Crippen LogP contribution in [0.15, 0.2) is 54.6 Å². The van der Waals surface area contributed by atoms with Crippen molar-refractivity contribution in [2.45, 2.75) is 85.3 Å². The van der Waals surface area contributed by atoms with Crippen LogP contribution in [0.5, 0.6) is 11.5 Å². The molecular weight excluding hydrogens is 857 g/mol. The van der Waals surface area contributed by atoms with Crippen molar-refractivity contribution in [2.75, 3.05) is 51.3 Å². The van der Waals surface area contributed by atoms with Crippen molar-refractivity contribution in [2.24, 2.45) is 0 Å². The maximum Gasteiger partial charge on any atom is 0.345 e. The number of hydrogen-bond donors (Lipinski definition) is 5. The first-order chi connectivity index (χ1) is 29.6. The van der Waals surface area contributed by atoms with Crippen LogP contribution in [-0.4, -0.2) is 117 Å². The molecule has 0 fully saturated rings. The van der Waals surface area contributed by atoms with Crippen LogP contribution in [0, 0.1) is 13.8 Å². The Balaban J connectivity index is 1.48. The molecule has 0 saturated carbocycles. The van der Waals surface area contributed by atoms with Crippen molar-refractivity contribution < 1.29 is 68.7 Å². The number of hydrogen-bond acceptors (Lipinski definition) is 10. The van der Waals surface area contributed by atoms with Gasteiger partial charge in [-0.25, -0.2) is 4.79 Å². The third kappa shape index (κ3) is 15.8. The second-order valence-electron chi connectivity index (χ2n) is 16.3. The number of aryl methyl sites for hydroxylation is 3. The Bertz CT molecular complexity index is 2510. The first kappa shape index (κ1) is 50.4. The fourth-order valence-electron chi connectivity index (χ4n) is 7.65. The molecule has 1 aromatic heterocycles. The molecule has 0 saturated heterocycles. The molecule has 0 aliphatic heterocycles. The van der Waals surface area contributed by atoms with Gasteiger partial charge in [0.2, 0.25) is 16.9 Å². The third-order valence-corrected chi connectivity index (χ3v) is 12.1. The number of rotatable bonds is 25. The summed E-state index contributed by atoms with van der Waals surface area (Å²) >= 11 is 0. The van der Waals surface area contributed by atoms with Gasteiger partial charge in [0.15, 0.2) is 6.54 Å². The number of carboxylic acid groups (broad SMARTS) is 1. The first-order valence-corrected chi connectivity index (χ1v) is 24.2. The lowest BCUT2D eigenvalue weighted by Gasteiger charge is -2.35. The zero-order chi connectivity index (χ0) is 46.5. The largest absolute Gasteiger partial charge is 0.491 e. The van der Waals surface area contributed by atoms with Crippen LogP contribution >= 0.6 is 0 Å². The molecule has 0 bridgehead atoms. The Kier molecular flexibility index (Phi) is 17.9. The molecule has 1 heterocycles. The van der Waals surface area contributed by atoms with E-state index in [0.29, 0.717) is 94.3 Å². The number of carboxylic acids is 1. The minimum Gasteiger partial charge on any atom is -0.491 e. The third-order valence-electron chi connectivity index (χ3n) is 10.5. The van der Waals surface area contributed by atoms with E-state index in [0.717, 1.165) is 0 Å². The molecule has 17 nitrogen and oxygen atoms in total. The number of esters is 1. The maximum atomic E-state index is 14.4. The molecule has 5 N–H and O–H groups in total. The average molecular weight is 917 g/mol. The molecule has 19 heteroatoms. The lowest BCUT2D eigenvalue weighted by atomic mass is 10.0. The summed E-state index contributed by atoms with van der Waals surface area (Å²) in [6, 6.07) is 15.8. The normalized spacial score (nSPS) is 12.9. The second-order valence-corrected chi connectivity index (χ2v) is 19.5. The number of benzene rings is 3. The van der Waals surface area contributed by atoms with Crippen LogP contribution in [0.1, 0.15) is 90.6 Å². The van der Waals surface area contributed by atoms with E-state index in [4.69, 9.17) is 14.6 Å². The molecule has 0 aliphatic rings. The van der Waals surface area contributed by atoms with Crippen LogP contribution in [0.25, 0.3) is 21.8 Å². The number of carbonyl (C=O) groups excluding carboxylic acids is 3. The van der Waals surface area contributed by atoms with Gasteiger partial charge in [0, 0.05) is 69.3 Å². The van der Waals surface area contributed by atoms with Gasteiger partial charge in [0.05, 0.1) is 60.6 Å². The number of nitrogens with one attached hydrogen (secondary N) is 2. The quantitative estimate of drug-likeness (QED) is 0.0114. The highest BCUT2D eigenvalue weighted by atomic mass is 32.2. The molecule has 63 heavy (non-hydrogen) atoms. The van der Waals surface area contributed by atoms with E-state index in [1.165, 1.54) is 0 Å². The van der Waals surface area contributed by atoms with Crippen molar-refractivity contribution in [1.82, 2.24) is 10.6 Å². The Morgan fingerprint density at radius 3 is 1.95 bits per heavy atom. The summed E-state index contributed by atoms with van der Waals surface area (Å²) in [7, 11) is -6.40. The fraction of sp³-hybridized carbons (Fsp3) is 0.477. The average Bonchev–Trinajstić information content (AvgIpc) is 3.17. The molecular formula is C44H60N4O13S2+2. The first-order valence-electron chi connectivity index (χ1n) is 20.9. The van der Waals surface area contributed by atoms with E-state index in [2.05, 4.69) is 10.6 Å². The van der Waals surface area contributed by atoms with E-state index >= 15 is 0 Å². The number of ether oxygens (including phenoxy) is 2. The topological polar surface area (TPSA) is 244 Å². The Morgan fingerprint density at radius 1 is 0.746 bits per heavy atom. The molecule has 1 atom stereocenters. The van der Waals surface area contributed by atoms with Gasteiger partial charge in [0.25, 0.3) is 26.1 Å². The molecule has 344 valence electrons. The number of para-hydroxylation sites is 1. The number of fused-ring (bicyclic) bond motifs is 2. The molecule has 3 aromatic carbocycles. The molecule has 4 aromatic rings. The highest BCUT2D eigenvalue weighted by Gasteiger charge is 2.28. The lowest BCUT2D eigenvalue weighted by molar-refractivity contribution is -0.909. The Labute approximate surface area is 368 Å². The summed E-state index contributed by atoms with van der Waals surface area (Å²) in [5.41, 5.74) is 2.98. The highest BCUT2D eigenvalue weighted by molar-refractivity contribution is 7.86. The zero-order valence-corrected chi connectivity index (χ0v) is 38.1. The minimum absolute atomic E-state index is 0.0938. The van der Waals surface area contributed by atoms with Gasteiger partial charge in [-0.2, -0.15) is 21.4 Å². The van der Waals surface area contributed by atoms with Gasteiger partial charge in [-0.05, 0) is 75.6 Å². The Morgan fingerprint density at radius 2 is 1.33 bits per heavy atom. The summed E-state index contributed by atoms with van der Waals surface area (Å²) in [5, 5.41) is 15.6. The van der Waals surface area contributed by atoms with Crippen LogP contribution in [-0.2, 0) is 36.4 Å². The van der Waals surface area contributed by atoms with E-state index in [9.17, 15) is 45.1 Å². The van der Waals surface area contributed by atoms with Gasteiger partial charge in [-0.1, -0.05) is 12.1 Å². The van der Waals surface area contributed by atoms with Crippen LogP contribution in [0.2, 0.25) is 0 Å². The smallest absolute Gasteiger partial charge is 0.345 e. The summed E-state index contributed by atoms with van der Waals surface area (Å²) in [6.07, 6.45) is 1.52. The van der Waals surface area contributed by atoms with Crippen LogP contribution in [0.3, 0.4) is 0 Å². The second kappa shape index (κ2) is 22.4. The van der Waals surface area contributed by atoms with Gasteiger partial charge >= 0.3 is 11.9 Å². The SMILES string of the molecule is Cc1cc(C(=O)NCCC[N+](C)(CCCNC(=O)CCCC(=O)O)CCCS(=O)(=O)O)cc(C)c1OC(=O)c1c2ccccc2[n+](CCCS(=O)(=O)O)c2ccc(OC(C)C)cc12. The van der Waals surface area contributed by atoms with Crippen molar-refractivity contribution in [3.63, 3.8) is 0 Å². The van der Waals surface area contributed by atoms with Gasteiger partial charge in [-0.3, -0.25) is 23.5 Å². The summed E-state index contributed by atoms with van der Waals surface area (Å²) in [4.78, 5) is 50.6. The van der Waals surface area contributed by atoms with Crippen LogP contribution < -0.4 is 24.7 Å². The van der Waals surface area contributed by atoms with E-state index in [1.807, 2.05) is 37.6 Å². The number of quaternary nitrogens is 1. The standard InChI is InChI=1S/C44H58N4O13S2/c1-30(2)60-34-17-18-38-36(29-34)41(35-13-6-7-14-37(35)47(38)21-11-25-62(54,55)56)44(53)61-42-31(3)27-33(28-32(42)4)43(52)46-20-10-23-48(5,24-12-26-63(57,58)59)22-9-19-45-39(49)15-8-16-40(50)51/h6-7,13-14,17-18,27-30H,8-12,15-16,19-26H2,1-5H3,(H3-2,45,46,49,50,51,52,54,55,56,57,58,59)/p+2. The van der Waals surface area contributed by atoms with E-state index in [-0.39, 0.29) is 67.9 Å². The summed E-state index contributed by atoms with van der Waals surface area (Å²) in [6.45, 7) is 9.68. The van der Waals surface area contributed by atoms with Crippen molar-refractivity contribution in [3.05, 3.63) is 76.9 Å². The molecule has 4 rings (SSSR count). The zero-order valence-electron chi connectivity index (χ0n) is 36.5. The number of carbonyl (C=O) groups is 4. The van der Waals surface area contributed by atoms with Gasteiger partial charge < -0.3 is 29.7 Å². The molecule has 1 unspecified atom stereocenters. The molecule has 0 spiro atoms. The number of amides is 2. The van der Waals surface area contributed by atoms with Gasteiger partial charge in [-0.15, -0.1) is 0 Å². The predicted octanol–water partition coefficient (Wildman–Crippen LogP) is 4.79. The lowest BCUT2D eigenvalue weighted by Crippen LogP contribution is -2.48. The predicted molar refractivity (Wildman–Crippen MR) is 237 cm³/mol. The molecule has 0 aliphatic carbocycles. The number of aromatic nitrogens is 1. The van der Waals surface area contributed by atoms with Crippen molar-refractivity contribution in [3.8, 4) is 11.5 Å². The molecule has 2 amide bonds. The van der Waals surface area contributed by atoms with Crippen molar-refractivity contribution >= 4 is 65.8 Å². The summed E-state index contributed by atoms with van der Waals surface area (Å²) < 4.78 is 79.0. The van der Waals surface area contributed by atoms with Crippen molar-refractivity contribution in [1.29, 1.82) is 0 Å². The summed E-state index contributed by atoms with van der Waals surface area (Å²) in [5.74, 6) is -2.24. The number of nitrogens with zero attached hydrogens (tertiary/aromatic N) is 2. The highest BCUT2D eigenvalue weighted by Crippen LogP contribution is 2.32. The minimum atomic E-state index is -4.20. The van der Waals surface area contributed by atoms with Crippen LogP contribution in [0.4, 0.5) is 0 Å². The molecule has 0 radical (unpaired) electrons.